The van der Waals surface area contributed by atoms with Gasteiger partial charge in [0.15, 0.2) is 0 Å². The van der Waals surface area contributed by atoms with Gasteiger partial charge < -0.3 is 10.2 Å². The summed E-state index contributed by atoms with van der Waals surface area (Å²) >= 11 is 0. The fourth-order valence-electron chi connectivity index (χ4n) is 3.09. The number of rotatable bonds is 1. The Morgan fingerprint density at radius 2 is 2.00 bits per heavy atom. The Balaban J connectivity index is 1.98. The lowest BCUT2D eigenvalue weighted by atomic mass is 9.90. The van der Waals surface area contributed by atoms with E-state index in [9.17, 15) is 4.79 Å². The average molecular weight is 224 g/mol. The van der Waals surface area contributed by atoms with Crippen LogP contribution < -0.4 is 5.32 Å². The van der Waals surface area contributed by atoms with Gasteiger partial charge in [0.25, 0.3) is 0 Å². The van der Waals surface area contributed by atoms with E-state index in [1.54, 1.807) is 0 Å². The predicted octanol–water partition coefficient (Wildman–Crippen LogP) is 1.49. The molecule has 3 nitrogen and oxygen atoms in total. The SMILES string of the molecule is CC1CCN(C(=O)C2CNCC2C)C(C)C1. The number of carbonyl (C=O) groups is 1. The number of hydrogen-bond donors (Lipinski definition) is 1. The highest BCUT2D eigenvalue weighted by Crippen LogP contribution is 2.26. The molecule has 2 aliphatic heterocycles. The summed E-state index contributed by atoms with van der Waals surface area (Å²) in [6.45, 7) is 9.50. The van der Waals surface area contributed by atoms with Crippen molar-refractivity contribution in [1.29, 1.82) is 0 Å². The van der Waals surface area contributed by atoms with E-state index in [4.69, 9.17) is 0 Å². The van der Waals surface area contributed by atoms with Gasteiger partial charge in [0.1, 0.15) is 0 Å². The lowest BCUT2D eigenvalue weighted by Gasteiger charge is -2.38. The third-order valence-electron chi connectivity index (χ3n) is 4.26. The smallest absolute Gasteiger partial charge is 0.227 e. The number of piperidine rings is 1. The van der Waals surface area contributed by atoms with Crippen molar-refractivity contribution in [2.45, 2.75) is 39.7 Å². The third kappa shape index (κ3) is 2.24. The predicted molar refractivity (Wildman–Crippen MR) is 65.1 cm³/mol. The lowest BCUT2D eigenvalue weighted by molar-refractivity contribution is -0.139. The topological polar surface area (TPSA) is 32.3 Å². The van der Waals surface area contributed by atoms with Crippen LogP contribution in [-0.2, 0) is 4.79 Å². The Morgan fingerprint density at radius 1 is 1.25 bits per heavy atom. The number of likely N-dealkylation sites (tertiary alicyclic amines) is 1. The van der Waals surface area contributed by atoms with Crippen LogP contribution in [0.4, 0.5) is 0 Å². The number of nitrogens with zero attached hydrogens (tertiary/aromatic N) is 1. The van der Waals surface area contributed by atoms with Gasteiger partial charge in [-0.05, 0) is 38.1 Å². The number of amides is 1. The van der Waals surface area contributed by atoms with Crippen LogP contribution in [0.3, 0.4) is 0 Å². The van der Waals surface area contributed by atoms with Crippen molar-refractivity contribution in [2.75, 3.05) is 19.6 Å². The van der Waals surface area contributed by atoms with E-state index in [1.165, 1.54) is 12.8 Å². The summed E-state index contributed by atoms with van der Waals surface area (Å²) in [5.41, 5.74) is 0. The van der Waals surface area contributed by atoms with Gasteiger partial charge >= 0.3 is 0 Å². The van der Waals surface area contributed by atoms with Gasteiger partial charge in [-0.15, -0.1) is 0 Å². The minimum absolute atomic E-state index is 0.218. The van der Waals surface area contributed by atoms with E-state index in [0.717, 1.165) is 25.6 Å². The van der Waals surface area contributed by atoms with Crippen LogP contribution in [0.1, 0.15) is 33.6 Å². The Bertz CT molecular complexity index is 267. The van der Waals surface area contributed by atoms with Crippen molar-refractivity contribution in [3.8, 4) is 0 Å². The molecule has 0 aliphatic carbocycles. The number of hydrogen-bond acceptors (Lipinski definition) is 2. The monoisotopic (exact) mass is 224 g/mol. The molecule has 2 saturated heterocycles. The second kappa shape index (κ2) is 4.74. The van der Waals surface area contributed by atoms with Crippen molar-refractivity contribution in [3.63, 3.8) is 0 Å². The van der Waals surface area contributed by atoms with Gasteiger partial charge in [0.2, 0.25) is 5.91 Å². The molecule has 0 saturated carbocycles. The normalized spacial score (nSPS) is 40.1. The van der Waals surface area contributed by atoms with Gasteiger partial charge in [-0.1, -0.05) is 13.8 Å². The second-order valence-electron chi connectivity index (χ2n) is 5.75. The molecule has 4 atom stereocenters. The van der Waals surface area contributed by atoms with Crippen LogP contribution >= 0.6 is 0 Å². The molecule has 0 aromatic carbocycles. The summed E-state index contributed by atoms with van der Waals surface area (Å²) in [5, 5.41) is 3.32. The van der Waals surface area contributed by atoms with Crippen molar-refractivity contribution < 1.29 is 4.79 Å². The maximum atomic E-state index is 12.4. The highest BCUT2D eigenvalue weighted by atomic mass is 16.2. The molecular weight excluding hydrogens is 200 g/mol. The quantitative estimate of drug-likeness (QED) is 0.732. The Hall–Kier alpha value is -0.570. The molecule has 0 spiro atoms. The van der Waals surface area contributed by atoms with Gasteiger partial charge in [-0.2, -0.15) is 0 Å². The Morgan fingerprint density at radius 3 is 2.56 bits per heavy atom. The van der Waals surface area contributed by atoms with Gasteiger partial charge in [-0.3, -0.25) is 4.79 Å². The van der Waals surface area contributed by atoms with E-state index in [2.05, 4.69) is 31.0 Å². The molecule has 1 N–H and O–H groups in total. The van der Waals surface area contributed by atoms with Gasteiger partial charge in [0.05, 0.1) is 5.92 Å². The molecule has 2 aliphatic rings. The molecule has 2 rings (SSSR count). The van der Waals surface area contributed by atoms with Crippen LogP contribution in [0.5, 0.6) is 0 Å². The summed E-state index contributed by atoms with van der Waals surface area (Å²) < 4.78 is 0. The first-order valence-corrected chi connectivity index (χ1v) is 6.60. The minimum Gasteiger partial charge on any atom is -0.340 e. The van der Waals surface area contributed by atoms with E-state index in [1.807, 2.05) is 0 Å². The third-order valence-corrected chi connectivity index (χ3v) is 4.26. The maximum Gasteiger partial charge on any atom is 0.227 e. The summed E-state index contributed by atoms with van der Waals surface area (Å²) in [6.07, 6.45) is 2.34. The van der Waals surface area contributed by atoms with Crippen LogP contribution in [0, 0.1) is 17.8 Å². The van der Waals surface area contributed by atoms with E-state index in [-0.39, 0.29) is 5.92 Å². The number of carbonyl (C=O) groups excluding carboxylic acids is 1. The Kier molecular flexibility index (Phi) is 3.53. The fraction of sp³-hybridized carbons (Fsp3) is 0.923. The first kappa shape index (κ1) is 11.9. The molecule has 0 bridgehead atoms. The van der Waals surface area contributed by atoms with Crippen molar-refractivity contribution in [3.05, 3.63) is 0 Å². The fourth-order valence-corrected chi connectivity index (χ4v) is 3.09. The highest BCUT2D eigenvalue weighted by molar-refractivity contribution is 5.80. The maximum absolute atomic E-state index is 12.4. The highest BCUT2D eigenvalue weighted by Gasteiger charge is 2.36. The van der Waals surface area contributed by atoms with Crippen LogP contribution in [0.25, 0.3) is 0 Å². The lowest BCUT2D eigenvalue weighted by Crippen LogP contribution is -2.48. The van der Waals surface area contributed by atoms with E-state index >= 15 is 0 Å². The zero-order chi connectivity index (χ0) is 11.7. The molecule has 2 heterocycles. The standard InChI is InChI=1S/C13H24N2O/c1-9-4-5-15(11(3)6-9)13(16)12-8-14-7-10(12)2/h9-12,14H,4-8H2,1-3H3. The first-order valence-electron chi connectivity index (χ1n) is 6.60. The summed E-state index contributed by atoms with van der Waals surface area (Å²) in [6, 6.07) is 0.434. The average Bonchev–Trinajstić information content (AvgIpc) is 2.63. The van der Waals surface area contributed by atoms with Crippen molar-refractivity contribution in [1.82, 2.24) is 10.2 Å². The molecule has 16 heavy (non-hydrogen) atoms. The van der Waals surface area contributed by atoms with Crippen LogP contribution in [0.2, 0.25) is 0 Å². The van der Waals surface area contributed by atoms with Crippen molar-refractivity contribution in [2.24, 2.45) is 17.8 Å². The van der Waals surface area contributed by atoms with Crippen molar-refractivity contribution >= 4 is 5.91 Å². The molecule has 4 unspecified atom stereocenters. The first-order chi connectivity index (χ1) is 7.59. The summed E-state index contributed by atoms with van der Waals surface area (Å²) in [7, 11) is 0. The molecule has 92 valence electrons. The molecule has 3 heteroatoms. The molecule has 0 aromatic heterocycles. The van der Waals surface area contributed by atoms with Crippen LogP contribution in [0.15, 0.2) is 0 Å². The minimum atomic E-state index is 0.218. The van der Waals surface area contributed by atoms with Crippen LogP contribution in [-0.4, -0.2) is 36.5 Å². The Labute approximate surface area is 98.6 Å². The van der Waals surface area contributed by atoms with E-state index < -0.39 is 0 Å². The van der Waals surface area contributed by atoms with Gasteiger partial charge in [-0.25, -0.2) is 0 Å². The zero-order valence-electron chi connectivity index (χ0n) is 10.7. The molecule has 1 amide bonds. The largest absolute Gasteiger partial charge is 0.340 e. The molecule has 0 aromatic rings. The second-order valence-corrected chi connectivity index (χ2v) is 5.75. The summed E-state index contributed by atoms with van der Waals surface area (Å²) in [5.74, 6) is 1.88. The zero-order valence-corrected chi connectivity index (χ0v) is 10.7. The van der Waals surface area contributed by atoms with Gasteiger partial charge in [0, 0.05) is 19.1 Å². The molecular formula is C13H24N2O. The molecule has 0 radical (unpaired) electrons. The number of nitrogens with one attached hydrogen (secondary N) is 1. The summed E-state index contributed by atoms with van der Waals surface area (Å²) in [4.78, 5) is 14.5. The molecule has 2 fully saturated rings. The van der Waals surface area contributed by atoms with E-state index in [0.29, 0.717) is 17.9 Å².